The second kappa shape index (κ2) is 4.18. The van der Waals surface area contributed by atoms with E-state index in [4.69, 9.17) is 46.4 Å². The van der Waals surface area contributed by atoms with Crippen molar-refractivity contribution >= 4 is 46.4 Å². The smallest absolute Gasteiger partial charge is 0.234 e. The van der Waals surface area contributed by atoms with Gasteiger partial charge < -0.3 is 0 Å². The molecule has 0 atom stereocenters. The Kier molecular flexibility index (Phi) is 3.64. The zero-order valence-electron chi connectivity index (χ0n) is 6.69. The van der Waals surface area contributed by atoms with Crippen LogP contribution in [0.1, 0.15) is 17.2 Å². The third kappa shape index (κ3) is 3.13. The maximum absolute atomic E-state index is 5.62. The zero-order chi connectivity index (χ0) is 10.1. The van der Waals surface area contributed by atoms with E-state index >= 15 is 0 Å². The second-order valence-electron chi connectivity index (χ2n) is 2.46. The Bertz CT molecular complexity index is 308. The van der Waals surface area contributed by atoms with Crippen LogP contribution in [0.4, 0.5) is 0 Å². The molecule has 0 spiro atoms. The van der Waals surface area contributed by atoms with Gasteiger partial charge in [-0.1, -0.05) is 34.8 Å². The monoisotopic (exact) mass is 258 g/mol. The molecule has 0 radical (unpaired) electrons. The van der Waals surface area contributed by atoms with Crippen LogP contribution in [-0.4, -0.2) is 9.97 Å². The molecule has 13 heavy (non-hydrogen) atoms. The van der Waals surface area contributed by atoms with Crippen LogP contribution in [0.25, 0.3) is 0 Å². The number of halogens is 4. The molecule has 0 N–H and O–H groups in total. The van der Waals surface area contributed by atoms with Crippen LogP contribution in [0.2, 0.25) is 0 Å². The molecule has 2 nitrogen and oxygen atoms in total. The van der Waals surface area contributed by atoms with Gasteiger partial charge in [0.15, 0.2) is 5.82 Å². The summed E-state index contributed by atoms with van der Waals surface area (Å²) in [7, 11) is 0. The van der Waals surface area contributed by atoms with E-state index < -0.39 is 3.79 Å². The molecule has 1 heterocycles. The first-order valence-electron chi connectivity index (χ1n) is 3.41. The highest BCUT2D eigenvalue weighted by molar-refractivity contribution is 6.66. The van der Waals surface area contributed by atoms with Crippen molar-refractivity contribution in [3.8, 4) is 0 Å². The lowest BCUT2D eigenvalue weighted by Gasteiger charge is -2.10. The Morgan fingerprint density at radius 3 is 2.38 bits per heavy atom. The minimum Gasteiger partial charge on any atom is -0.234 e. The SMILES string of the molecule is Cc1cc(CCl)nc(C(Cl)(Cl)Cl)n1. The summed E-state index contributed by atoms with van der Waals surface area (Å²) < 4.78 is -1.59. The number of hydrogen-bond acceptors (Lipinski definition) is 2. The van der Waals surface area contributed by atoms with E-state index in [1.54, 1.807) is 13.0 Å². The van der Waals surface area contributed by atoms with Crippen molar-refractivity contribution in [2.24, 2.45) is 0 Å². The van der Waals surface area contributed by atoms with Gasteiger partial charge in [0.25, 0.3) is 0 Å². The van der Waals surface area contributed by atoms with Crippen LogP contribution in [0, 0.1) is 6.92 Å². The van der Waals surface area contributed by atoms with Crippen molar-refractivity contribution in [1.29, 1.82) is 0 Å². The third-order valence-corrected chi connectivity index (χ3v) is 2.08. The van der Waals surface area contributed by atoms with Gasteiger partial charge in [-0.05, 0) is 13.0 Å². The maximum atomic E-state index is 5.62. The first-order valence-corrected chi connectivity index (χ1v) is 5.08. The van der Waals surface area contributed by atoms with Crippen molar-refractivity contribution in [3.05, 3.63) is 23.3 Å². The summed E-state index contributed by atoms with van der Waals surface area (Å²) in [6.45, 7) is 1.79. The summed E-state index contributed by atoms with van der Waals surface area (Å²) in [5.41, 5.74) is 1.38. The molecule has 0 aromatic carbocycles. The van der Waals surface area contributed by atoms with Crippen molar-refractivity contribution in [3.63, 3.8) is 0 Å². The van der Waals surface area contributed by atoms with Crippen molar-refractivity contribution in [1.82, 2.24) is 9.97 Å². The summed E-state index contributed by atoms with van der Waals surface area (Å²) in [5, 5.41) is 0. The van der Waals surface area contributed by atoms with E-state index in [0.717, 1.165) is 5.69 Å². The molecule has 0 saturated carbocycles. The molecule has 0 amide bonds. The molecule has 0 aliphatic rings. The molecular formula is C7H6Cl4N2. The van der Waals surface area contributed by atoms with E-state index in [-0.39, 0.29) is 11.7 Å². The van der Waals surface area contributed by atoms with Crippen LogP contribution in [0.3, 0.4) is 0 Å². The van der Waals surface area contributed by atoms with Crippen molar-refractivity contribution < 1.29 is 0 Å². The first-order chi connectivity index (χ1) is 5.93. The fraction of sp³-hybridized carbons (Fsp3) is 0.429. The molecule has 0 aliphatic carbocycles. The van der Waals surface area contributed by atoms with Gasteiger partial charge in [0, 0.05) is 5.69 Å². The number of nitrogens with zero attached hydrogens (tertiary/aromatic N) is 2. The fourth-order valence-electron chi connectivity index (χ4n) is 0.829. The molecule has 0 aliphatic heterocycles. The van der Waals surface area contributed by atoms with Gasteiger partial charge in [0.2, 0.25) is 3.79 Å². The molecule has 72 valence electrons. The predicted molar refractivity (Wildman–Crippen MR) is 55.6 cm³/mol. The van der Waals surface area contributed by atoms with Crippen LogP contribution in [0.15, 0.2) is 6.07 Å². The Morgan fingerprint density at radius 1 is 1.31 bits per heavy atom. The standard InChI is InChI=1S/C7H6Cl4N2/c1-4-2-5(3-8)13-6(12-4)7(9,10)11/h2H,3H2,1H3. The minimum atomic E-state index is -1.59. The number of rotatable bonds is 1. The van der Waals surface area contributed by atoms with Crippen LogP contribution < -0.4 is 0 Å². The number of hydrogen-bond donors (Lipinski definition) is 0. The fourth-order valence-corrected chi connectivity index (χ4v) is 1.22. The van der Waals surface area contributed by atoms with E-state index in [1.807, 2.05) is 0 Å². The quantitative estimate of drug-likeness (QED) is 0.723. The van der Waals surface area contributed by atoms with E-state index in [0.29, 0.717) is 5.69 Å². The molecule has 1 rings (SSSR count). The Morgan fingerprint density at radius 2 is 1.92 bits per heavy atom. The molecule has 6 heteroatoms. The Labute approximate surface area is 96.2 Å². The Balaban J connectivity index is 3.16. The average molecular weight is 260 g/mol. The molecule has 0 bridgehead atoms. The predicted octanol–water partition coefficient (Wildman–Crippen LogP) is 3.35. The normalized spacial score (nSPS) is 11.8. The molecule has 1 aromatic heterocycles. The van der Waals surface area contributed by atoms with Gasteiger partial charge in [-0.15, -0.1) is 11.6 Å². The number of aryl methyl sites for hydroxylation is 1. The first kappa shape index (κ1) is 11.3. The third-order valence-electron chi connectivity index (χ3n) is 1.30. The van der Waals surface area contributed by atoms with Crippen LogP contribution >= 0.6 is 46.4 Å². The number of alkyl halides is 4. The van der Waals surface area contributed by atoms with Gasteiger partial charge in [0.1, 0.15) is 0 Å². The highest BCUT2D eigenvalue weighted by Gasteiger charge is 2.27. The van der Waals surface area contributed by atoms with Crippen LogP contribution in [-0.2, 0) is 9.67 Å². The van der Waals surface area contributed by atoms with Gasteiger partial charge in [0.05, 0.1) is 11.6 Å². The van der Waals surface area contributed by atoms with Gasteiger partial charge in [-0.2, -0.15) is 0 Å². The lowest BCUT2D eigenvalue weighted by atomic mass is 10.3. The Hall–Kier alpha value is 0.240. The van der Waals surface area contributed by atoms with Crippen LogP contribution in [0.5, 0.6) is 0 Å². The molecule has 0 saturated heterocycles. The highest BCUT2D eigenvalue weighted by Crippen LogP contribution is 2.35. The summed E-state index contributed by atoms with van der Waals surface area (Å²) >= 11 is 22.5. The van der Waals surface area contributed by atoms with Gasteiger partial charge in [-0.3, -0.25) is 0 Å². The van der Waals surface area contributed by atoms with E-state index in [9.17, 15) is 0 Å². The maximum Gasteiger partial charge on any atom is 0.250 e. The van der Waals surface area contributed by atoms with E-state index in [1.165, 1.54) is 0 Å². The lowest BCUT2D eigenvalue weighted by Crippen LogP contribution is -2.09. The van der Waals surface area contributed by atoms with Crippen molar-refractivity contribution in [2.75, 3.05) is 0 Å². The van der Waals surface area contributed by atoms with E-state index in [2.05, 4.69) is 9.97 Å². The minimum absolute atomic E-state index is 0.160. The van der Waals surface area contributed by atoms with Gasteiger partial charge in [-0.25, -0.2) is 9.97 Å². The molecular weight excluding hydrogens is 254 g/mol. The zero-order valence-corrected chi connectivity index (χ0v) is 9.71. The summed E-state index contributed by atoms with van der Waals surface area (Å²) in [6.07, 6.45) is 0. The summed E-state index contributed by atoms with van der Waals surface area (Å²) in [4.78, 5) is 7.97. The average Bonchev–Trinajstić information content (AvgIpc) is 2.01. The molecule has 0 unspecified atom stereocenters. The highest BCUT2D eigenvalue weighted by atomic mass is 35.6. The molecule has 1 aromatic rings. The molecule has 0 fully saturated rings. The van der Waals surface area contributed by atoms with Gasteiger partial charge >= 0.3 is 0 Å². The summed E-state index contributed by atoms with van der Waals surface area (Å²) in [6, 6.07) is 1.74. The topological polar surface area (TPSA) is 25.8 Å². The number of aromatic nitrogens is 2. The van der Waals surface area contributed by atoms with Crippen molar-refractivity contribution in [2.45, 2.75) is 16.6 Å². The lowest BCUT2D eigenvalue weighted by molar-refractivity contribution is 0.911. The largest absolute Gasteiger partial charge is 0.250 e. The second-order valence-corrected chi connectivity index (χ2v) is 5.00. The summed E-state index contributed by atoms with van der Waals surface area (Å²) in [5.74, 6) is 0.435.